The minimum absolute atomic E-state index is 0.0534. The normalized spacial score (nSPS) is 21.9. The number of hydrogen-bond donors (Lipinski definition) is 2. The Morgan fingerprint density at radius 1 is 1.40 bits per heavy atom. The van der Waals surface area contributed by atoms with Gasteiger partial charge >= 0.3 is 0 Å². The molecular formula is C13H16N6O. The number of carbonyl (C=O) groups excluding carboxylic acids is 1. The fourth-order valence-electron chi connectivity index (χ4n) is 2.27. The molecule has 2 aromatic rings. The molecule has 1 amide bonds. The third kappa shape index (κ3) is 2.39. The summed E-state index contributed by atoms with van der Waals surface area (Å²) in [7, 11) is 0. The lowest BCUT2D eigenvalue weighted by molar-refractivity contribution is -0.123. The lowest BCUT2D eigenvalue weighted by Crippen LogP contribution is -2.35. The van der Waals surface area contributed by atoms with E-state index in [1.54, 1.807) is 4.68 Å². The largest absolute Gasteiger partial charge is 0.326 e. The van der Waals surface area contributed by atoms with Gasteiger partial charge in [0.25, 0.3) is 0 Å². The number of tetrazole rings is 1. The number of nitrogens with one attached hydrogen (secondary N) is 2. The SMILES string of the molecule is CC1(C(=O)Nc2ccc(-n3cnnn3)cc2)CCNC1. The summed E-state index contributed by atoms with van der Waals surface area (Å²) in [5, 5.41) is 17.2. The van der Waals surface area contributed by atoms with E-state index in [1.807, 2.05) is 31.2 Å². The Labute approximate surface area is 116 Å². The van der Waals surface area contributed by atoms with Crippen molar-refractivity contribution in [2.75, 3.05) is 18.4 Å². The van der Waals surface area contributed by atoms with E-state index in [9.17, 15) is 4.79 Å². The summed E-state index contributed by atoms with van der Waals surface area (Å²) in [6, 6.07) is 7.42. The van der Waals surface area contributed by atoms with Gasteiger partial charge < -0.3 is 10.6 Å². The van der Waals surface area contributed by atoms with Crippen LogP contribution < -0.4 is 10.6 Å². The van der Waals surface area contributed by atoms with E-state index in [0.29, 0.717) is 0 Å². The van der Waals surface area contributed by atoms with Gasteiger partial charge in [-0.15, -0.1) is 5.10 Å². The van der Waals surface area contributed by atoms with Gasteiger partial charge in [-0.25, -0.2) is 4.68 Å². The van der Waals surface area contributed by atoms with Gasteiger partial charge in [0.15, 0.2) is 0 Å². The van der Waals surface area contributed by atoms with Crippen LogP contribution in [-0.2, 0) is 4.79 Å². The number of aromatic nitrogens is 4. The van der Waals surface area contributed by atoms with E-state index in [2.05, 4.69) is 26.2 Å². The lowest BCUT2D eigenvalue weighted by atomic mass is 9.89. The first kappa shape index (κ1) is 12.7. The summed E-state index contributed by atoms with van der Waals surface area (Å²) in [5.74, 6) is 0.0534. The van der Waals surface area contributed by atoms with Crippen LogP contribution >= 0.6 is 0 Å². The van der Waals surface area contributed by atoms with Crippen molar-refractivity contribution in [3.8, 4) is 5.69 Å². The van der Waals surface area contributed by atoms with E-state index in [4.69, 9.17) is 0 Å². The van der Waals surface area contributed by atoms with Gasteiger partial charge in [-0.3, -0.25) is 4.79 Å². The minimum atomic E-state index is -0.325. The summed E-state index contributed by atoms with van der Waals surface area (Å²) in [4.78, 5) is 12.3. The molecule has 7 nitrogen and oxygen atoms in total. The molecule has 2 N–H and O–H groups in total. The third-order valence-corrected chi connectivity index (χ3v) is 3.66. The molecule has 20 heavy (non-hydrogen) atoms. The fourth-order valence-corrected chi connectivity index (χ4v) is 2.27. The van der Waals surface area contributed by atoms with Crippen LogP contribution in [0, 0.1) is 5.41 Å². The van der Waals surface area contributed by atoms with Crippen LogP contribution in [0.5, 0.6) is 0 Å². The summed E-state index contributed by atoms with van der Waals surface area (Å²) < 4.78 is 1.56. The van der Waals surface area contributed by atoms with Crippen LogP contribution in [0.3, 0.4) is 0 Å². The van der Waals surface area contributed by atoms with Crippen LogP contribution in [0.4, 0.5) is 5.69 Å². The molecule has 1 aromatic heterocycles. The Hall–Kier alpha value is -2.28. The number of carbonyl (C=O) groups is 1. The molecule has 0 aliphatic carbocycles. The van der Waals surface area contributed by atoms with Crippen LogP contribution in [0.15, 0.2) is 30.6 Å². The van der Waals surface area contributed by atoms with Gasteiger partial charge in [0.1, 0.15) is 6.33 Å². The molecule has 3 rings (SSSR count). The van der Waals surface area contributed by atoms with Gasteiger partial charge in [-0.2, -0.15) is 0 Å². The molecule has 1 aromatic carbocycles. The molecule has 0 spiro atoms. The topological polar surface area (TPSA) is 84.7 Å². The van der Waals surface area contributed by atoms with E-state index >= 15 is 0 Å². The molecule has 2 heterocycles. The summed E-state index contributed by atoms with van der Waals surface area (Å²) in [5.41, 5.74) is 1.30. The number of hydrogen-bond acceptors (Lipinski definition) is 5. The Balaban J connectivity index is 1.71. The summed E-state index contributed by atoms with van der Waals surface area (Å²) >= 11 is 0. The van der Waals surface area contributed by atoms with E-state index < -0.39 is 0 Å². The second-order valence-corrected chi connectivity index (χ2v) is 5.24. The zero-order chi connectivity index (χ0) is 14.0. The molecule has 1 atom stereocenters. The van der Waals surface area contributed by atoms with Gasteiger partial charge in [0.05, 0.1) is 11.1 Å². The quantitative estimate of drug-likeness (QED) is 0.854. The van der Waals surface area contributed by atoms with Crippen molar-refractivity contribution < 1.29 is 4.79 Å². The maximum atomic E-state index is 12.3. The van der Waals surface area contributed by atoms with Crippen molar-refractivity contribution >= 4 is 11.6 Å². The molecule has 7 heteroatoms. The van der Waals surface area contributed by atoms with Gasteiger partial charge in [-0.05, 0) is 54.6 Å². The number of anilines is 1. The molecule has 1 unspecified atom stereocenters. The van der Waals surface area contributed by atoms with Crippen molar-refractivity contribution in [1.29, 1.82) is 0 Å². The summed E-state index contributed by atoms with van der Waals surface area (Å²) in [6.45, 7) is 3.60. The molecular weight excluding hydrogens is 256 g/mol. The van der Waals surface area contributed by atoms with Crippen LogP contribution in [0.2, 0.25) is 0 Å². The Morgan fingerprint density at radius 2 is 2.20 bits per heavy atom. The highest BCUT2D eigenvalue weighted by Crippen LogP contribution is 2.26. The predicted octanol–water partition coefficient (Wildman–Crippen LogP) is 0.600. The smallest absolute Gasteiger partial charge is 0.231 e. The van der Waals surface area contributed by atoms with E-state index in [-0.39, 0.29) is 11.3 Å². The summed E-state index contributed by atoms with van der Waals surface area (Å²) in [6.07, 6.45) is 2.39. The monoisotopic (exact) mass is 272 g/mol. The number of benzene rings is 1. The maximum absolute atomic E-state index is 12.3. The first-order valence-electron chi connectivity index (χ1n) is 6.53. The molecule has 0 radical (unpaired) electrons. The number of rotatable bonds is 3. The maximum Gasteiger partial charge on any atom is 0.231 e. The van der Waals surface area contributed by atoms with Gasteiger partial charge in [-0.1, -0.05) is 0 Å². The average molecular weight is 272 g/mol. The van der Waals surface area contributed by atoms with Crippen molar-refractivity contribution in [2.24, 2.45) is 5.41 Å². The van der Waals surface area contributed by atoms with Gasteiger partial charge in [0.2, 0.25) is 5.91 Å². The third-order valence-electron chi connectivity index (χ3n) is 3.66. The predicted molar refractivity (Wildman–Crippen MR) is 73.4 cm³/mol. The Kier molecular flexibility index (Phi) is 3.19. The second kappa shape index (κ2) is 5.01. The Morgan fingerprint density at radius 3 is 2.80 bits per heavy atom. The Bertz CT molecular complexity index is 586. The zero-order valence-electron chi connectivity index (χ0n) is 11.2. The molecule has 0 bridgehead atoms. The highest BCUT2D eigenvalue weighted by Gasteiger charge is 2.36. The highest BCUT2D eigenvalue weighted by molar-refractivity contribution is 5.95. The molecule has 0 saturated carbocycles. The van der Waals surface area contributed by atoms with Crippen molar-refractivity contribution in [3.63, 3.8) is 0 Å². The highest BCUT2D eigenvalue weighted by atomic mass is 16.2. The average Bonchev–Trinajstić information content (AvgIpc) is 3.11. The number of nitrogens with zero attached hydrogens (tertiary/aromatic N) is 4. The molecule has 1 saturated heterocycles. The fraction of sp³-hybridized carbons (Fsp3) is 0.385. The van der Waals surface area contributed by atoms with Crippen LogP contribution in [0.25, 0.3) is 5.69 Å². The van der Waals surface area contributed by atoms with Crippen molar-refractivity contribution in [1.82, 2.24) is 25.5 Å². The van der Waals surface area contributed by atoms with Crippen molar-refractivity contribution in [3.05, 3.63) is 30.6 Å². The minimum Gasteiger partial charge on any atom is -0.326 e. The molecule has 1 aliphatic heterocycles. The first-order valence-corrected chi connectivity index (χ1v) is 6.53. The zero-order valence-corrected chi connectivity index (χ0v) is 11.2. The lowest BCUT2D eigenvalue weighted by Gasteiger charge is -2.21. The van der Waals surface area contributed by atoms with Crippen molar-refractivity contribution in [2.45, 2.75) is 13.3 Å². The molecule has 104 valence electrons. The van der Waals surface area contributed by atoms with Gasteiger partial charge in [0, 0.05) is 12.2 Å². The van der Waals surface area contributed by atoms with Crippen LogP contribution in [-0.4, -0.2) is 39.2 Å². The van der Waals surface area contributed by atoms with Crippen LogP contribution in [0.1, 0.15) is 13.3 Å². The molecule has 1 fully saturated rings. The van der Waals surface area contributed by atoms with E-state index in [1.165, 1.54) is 6.33 Å². The standard InChI is InChI=1S/C13H16N6O/c1-13(6-7-14-8-13)12(20)16-10-2-4-11(5-3-10)19-9-15-17-18-19/h2-5,9,14H,6-8H2,1H3,(H,16,20). The van der Waals surface area contributed by atoms with E-state index in [0.717, 1.165) is 30.9 Å². The first-order chi connectivity index (χ1) is 9.67. The second-order valence-electron chi connectivity index (χ2n) is 5.24. The number of amides is 1. The molecule has 1 aliphatic rings.